The summed E-state index contributed by atoms with van der Waals surface area (Å²) in [5.41, 5.74) is 0.693. The summed E-state index contributed by atoms with van der Waals surface area (Å²) in [6.45, 7) is 5.00. The Balaban J connectivity index is 1.49. The highest BCUT2D eigenvalue weighted by molar-refractivity contribution is 7.94. The van der Waals surface area contributed by atoms with Crippen LogP contribution in [0, 0.1) is 5.82 Å². The van der Waals surface area contributed by atoms with Gasteiger partial charge in [0.2, 0.25) is 0 Å². The van der Waals surface area contributed by atoms with Gasteiger partial charge in [-0.15, -0.1) is 0 Å². The van der Waals surface area contributed by atoms with Crippen molar-refractivity contribution in [1.29, 1.82) is 0 Å². The minimum absolute atomic E-state index is 0.0903. The lowest BCUT2D eigenvalue weighted by Crippen LogP contribution is -2.51. The van der Waals surface area contributed by atoms with Crippen molar-refractivity contribution in [2.45, 2.75) is 80.8 Å². The second kappa shape index (κ2) is 9.36. The average molecular weight is 516 g/mol. The number of aromatic nitrogens is 4. The van der Waals surface area contributed by atoms with Crippen LogP contribution in [0.3, 0.4) is 0 Å². The highest BCUT2D eigenvalue weighted by atomic mass is 32.2. The van der Waals surface area contributed by atoms with E-state index in [-0.39, 0.29) is 28.1 Å². The lowest BCUT2D eigenvalue weighted by molar-refractivity contribution is 0.146. The number of likely N-dealkylation sites (tertiary alicyclic amines) is 1. The smallest absolute Gasteiger partial charge is 0.168 e. The first-order valence-corrected chi connectivity index (χ1v) is 14.0. The number of nitrogens with one attached hydrogen (secondary N) is 1. The van der Waals surface area contributed by atoms with Gasteiger partial charge in [-0.05, 0) is 52.1 Å². The maximum atomic E-state index is 15.9. The van der Waals surface area contributed by atoms with Gasteiger partial charge in [0, 0.05) is 55.8 Å². The molecule has 36 heavy (non-hydrogen) atoms. The monoisotopic (exact) mass is 515 g/mol. The first kappa shape index (κ1) is 24.3. The first-order valence-electron chi connectivity index (χ1n) is 13.3. The molecule has 0 radical (unpaired) electrons. The molecule has 1 aromatic carbocycles. The van der Waals surface area contributed by atoms with Crippen LogP contribution in [-0.4, -0.2) is 69.0 Å². The normalized spacial score (nSPS) is 26.6. The Labute approximate surface area is 215 Å². The lowest BCUT2D eigenvalue weighted by atomic mass is 9.86. The third-order valence-electron chi connectivity index (χ3n) is 8.72. The maximum Gasteiger partial charge on any atom is 0.168 e. The Bertz CT molecular complexity index is 1280. The molecule has 3 aromatic rings. The van der Waals surface area contributed by atoms with Gasteiger partial charge in [0.05, 0.1) is 17.5 Å². The van der Waals surface area contributed by atoms with E-state index in [1.165, 1.54) is 12.8 Å². The summed E-state index contributed by atoms with van der Waals surface area (Å²) in [4.78, 5) is 14.6. The van der Waals surface area contributed by atoms with Crippen molar-refractivity contribution in [3.8, 4) is 0 Å². The molecule has 3 fully saturated rings. The number of fused-ring (bicyclic) bond motifs is 5. The molecule has 0 aliphatic carbocycles. The molecule has 7 nitrogen and oxygen atoms in total. The van der Waals surface area contributed by atoms with Crippen molar-refractivity contribution in [3.05, 3.63) is 17.8 Å². The van der Waals surface area contributed by atoms with Crippen LogP contribution < -0.4 is 10.2 Å². The standard InChI is InChI=1S/C26H35F2N7S/c1-4-9-26(10-5-12-33(26)2)11-8-19-30-23-20(18-15-34(3)32-22(18)24(36-28)21(23)27)25(31-19)35-13-16-6-7-17(14-35)29-16/h15-17,29H,4-14H2,1-3H3. The van der Waals surface area contributed by atoms with Crippen molar-refractivity contribution in [1.82, 2.24) is 30.0 Å². The molecule has 3 unspecified atom stereocenters. The fourth-order valence-corrected chi connectivity index (χ4v) is 7.36. The predicted octanol–water partition coefficient (Wildman–Crippen LogP) is 4.77. The number of halogens is 2. The number of benzene rings is 1. The summed E-state index contributed by atoms with van der Waals surface area (Å²) in [5.74, 6) is 0.786. The summed E-state index contributed by atoms with van der Waals surface area (Å²) < 4.78 is 31.5. The molecule has 5 heterocycles. The van der Waals surface area contributed by atoms with Gasteiger partial charge in [0.15, 0.2) is 5.82 Å². The number of hydrogen-bond donors (Lipinski definition) is 1. The van der Waals surface area contributed by atoms with Crippen LogP contribution in [0.2, 0.25) is 0 Å². The van der Waals surface area contributed by atoms with Gasteiger partial charge in [0.25, 0.3) is 0 Å². The Morgan fingerprint density at radius 2 is 1.92 bits per heavy atom. The Kier molecular flexibility index (Phi) is 6.32. The van der Waals surface area contributed by atoms with Crippen LogP contribution >= 0.6 is 12.1 Å². The molecule has 0 saturated carbocycles. The molecule has 0 spiro atoms. The van der Waals surface area contributed by atoms with Crippen molar-refractivity contribution < 1.29 is 8.28 Å². The zero-order chi connectivity index (χ0) is 25.0. The van der Waals surface area contributed by atoms with E-state index in [0.717, 1.165) is 57.6 Å². The van der Waals surface area contributed by atoms with Crippen LogP contribution in [0.1, 0.15) is 57.7 Å². The largest absolute Gasteiger partial charge is 0.353 e. The van der Waals surface area contributed by atoms with E-state index in [0.29, 0.717) is 40.6 Å². The van der Waals surface area contributed by atoms with Crippen LogP contribution in [0.25, 0.3) is 21.8 Å². The van der Waals surface area contributed by atoms with Crippen molar-refractivity contribution in [2.75, 3.05) is 31.6 Å². The highest BCUT2D eigenvalue weighted by Crippen LogP contribution is 2.41. The Morgan fingerprint density at radius 3 is 2.58 bits per heavy atom. The van der Waals surface area contributed by atoms with Crippen molar-refractivity contribution in [3.63, 3.8) is 0 Å². The van der Waals surface area contributed by atoms with Gasteiger partial charge >= 0.3 is 0 Å². The van der Waals surface area contributed by atoms with Crippen LogP contribution in [0.5, 0.6) is 0 Å². The second-order valence-electron chi connectivity index (χ2n) is 11.0. The van der Waals surface area contributed by atoms with E-state index in [1.807, 2.05) is 6.20 Å². The number of piperazine rings is 1. The van der Waals surface area contributed by atoms with Crippen molar-refractivity contribution in [2.24, 2.45) is 7.05 Å². The van der Waals surface area contributed by atoms with E-state index in [1.54, 1.807) is 11.7 Å². The number of rotatable bonds is 7. The second-order valence-corrected chi connectivity index (χ2v) is 11.6. The van der Waals surface area contributed by atoms with Crippen LogP contribution in [-0.2, 0) is 13.5 Å². The van der Waals surface area contributed by atoms with E-state index < -0.39 is 5.82 Å². The molecule has 2 aromatic heterocycles. The van der Waals surface area contributed by atoms with Crippen LogP contribution in [0.4, 0.5) is 14.1 Å². The Hall–Kier alpha value is -2.04. The van der Waals surface area contributed by atoms with Gasteiger partial charge in [-0.1, -0.05) is 13.3 Å². The fraction of sp³-hybridized carbons (Fsp3) is 0.654. The highest BCUT2D eigenvalue weighted by Gasteiger charge is 2.38. The molecule has 3 saturated heterocycles. The topological polar surface area (TPSA) is 62.1 Å². The summed E-state index contributed by atoms with van der Waals surface area (Å²) >= 11 is -0.0903. The van der Waals surface area contributed by atoms with Gasteiger partial charge in [0.1, 0.15) is 27.6 Å². The van der Waals surface area contributed by atoms with E-state index >= 15 is 4.39 Å². The first-order chi connectivity index (χ1) is 17.4. The molecule has 1 N–H and O–H groups in total. The van der Waals surface area contributed by atoms with Crippen LogP contribution in [0.15, 0.2) is 11.1 Å². The zero-order valence-electron chi connectivity index (χ0n) is 21.4. The molecular formula is C26H35F2N7S. The number of anilines is 1. The fourth-order valence-electron chi connectivity index (χ4n) is 6.97. The lowest BCUT2D eigenvalue weighted by Gasteiger charge is -2.37. The molecule has 3 aliphatic heterocycles. The number of nitrogens with zero attached hydrogens (tertiary/aromatic N) is 6. The SMILES string of the molecule is CCCC1(CCc2nc(N3CC4CCC(C3)N4)c3c(n2)c(F)c(SF)c2nn(C)cc23)CCCN1C. The molecule has 194 valence electrons. The van der Waals surface area contributed by atoms with Gasteiger partial charge < -0.3 is 15.1 Å². The van der Waals surface area contributed by atoms with E-state index in [9.17, 15) is 3.89 Å². The summed E-state index contributed by atoms with van der Waals surface area (Å²) in [7, 11) is 4.00. The quantitative estimate of drug-likeness (QED) is 0.486. The molecule has 2 bridgehead atoms. The Morgan fingerprint density at radius 1 is 1.14 bits per heavy atom. The number of aryl methyl sites for hydroxylation is 2. The number of hydrogen-bond acceptors (Lipinski definition) is 7. The summed E-state index contributed by atoms with van der Waals surface area (Å²) in [5, 5.41) is 9.43. The molecule has 6 rings (SSSR count). The third-order valence-corrected chi connectivity index (χ3v) is 9.25. The van der Waals surface area contributed by atoms with Crippen molar-refractivity contribution >= 4 is 39.8 Å². The summed E-state index contributed by atoms with van der Waals surface area (Å²) in [6, 6.07) is 0.819. The van der Waals surface area contributed by atoms with E-state index in [4.69, 9.17) is 9.97 Å². The van der Waals surface area contributed by atoms with Gasteiger partial charge in [-0.25, -0.2) is 14.4 Å². The summed E-state index contributed by atoms with van der Waals surface area (Å²) in [6.07, 6.45) is 10.4. The molecule has 3 aliphatic rings. The van der Waals surface area contributed by atoms with Gasteiger partial charge in [-0.3, -0.25) is 4.68 Å². The average Bonchev–Trinajstić information content (AvgIpc) is 3.54. The third kappa shape index (κ3) is 3.96. The van der Waals surface area contributed by atoms with E-state index in [2.05, 4.69) is 34.2 Å². The molecule has 3 atom stereocenters. The molecule has 0 amide bonds. The zero-order valence-corrected chi connectivity index (χ0v) is 22.2. The minimum atomic E-state index is -0.632. The molecular weight excluding hydrogens is 480 g/mol. The predicted molar refractivity (Wildman–Crippen MR) is 141 cm³/mol. The van der Waals surface area contributed by atoms with Gasteiger partial charge in [-0.2, -0.15) is 8.98 Å². The minimum Gasteiger partial charge on any atom is -0.353 e. The molecule has 10 heteroatoms. The maximum absolute atomic E-state index is 15.9.